The molecule has 0 amide bonds. The van der Waals surface area contributed by atoms with Crippen molar-refractivity contribution in [3.05, 3.63) is 38.9 Å². The van der Waals surface area contributed by atoms with Crippen LogP contribution < -0.4 is 10.5 Å². The molecule has 1 heterocycles. The molecule has 0 spiro atoms. The molecule has 122 valence electrons. The Bertz CT molecular complexity index is 816. The molecule has 0 saturated carbocycles. The van der Waals surface area contributed by atoms with Gasteiger partial charge in [-0.15, -0.1) is 0 Å². The number of nitrogens with one attached hydrogen (secondary N) is 1. The van der Waals surface area contributed by atoms with Crippen LogP contribution >= 0.6 is 0 Å². The van der Waals surface area contributed by atoms with Gasteiger partial charge in [0, 0.05) is 19.7 Å². The van der Waals surface area contributed by atoms with Crippen LogP contribution in [0.15, 0.2) is 23.3 Å². The fraction of sp³-hybridized carbons (Fsp3) is 0.357. The number of carbonyl (C=O) groups is 1. The van der Waals surface area contributed by atoms with E-state index in [2.05, 4.69) is 14.7 Å². The monoisotopic (exact) mass is 320 g/mol. The number of hydrogen-bond donors (Lipinski definition) is 1. The Morgan fingerprint density at radius 1 is 1.52 bits per heavy atom. The van der Waals surface area contributed by atoms with Gasteiger partial charge in [-0.05, 0) is 6.07 Å². The van der Waals surface area contributed by atoms with E-state index in [9.17, 15) is 19.7 Å². The summed E-state index contributed by atoms with van der Waals surface area (Å²) < 4.78 is 4.66. The molecule has 1 aromatic heterocycles. The molecule has 1 aromatic carbocycles. The van der Waals surface area contributed by atoms with Crippen LogP contribution in [0.5, 0.6) is 0 Å². The van der Waals surface area contributed by atoms with Crippen LogP contribution in [0.4, 0.5) is 11.4 Å². The zero-order valence-electron chi connectivity index (χ0n) is 12.9. The molecule has 9 nitrogen and oxygen atoms in total. The highest BCUT2D eigenvalue weighted by atomic mass is 16.6. The largest absolute Gasteiger partial charge is 0.469 e. The lowest BCUT2D eigenvalue weighted by atomic mass is 10.1. The van der Waals surface area contributed by atoms with Gasteiger partial charge in [0.1, 0.15) is 5.69 Å². The zero-order chi connectivity index (χ0) is 17.1. The molecule has 2 rings (SSSR count). The van der Waals surface area contributed by atoms with E-state index in [0.29, 0.717) is 5.52 Å². The Morgan fingerprint density at radius 3 is 2.83 bits per heavy atom. The highest BCUT2D eigenvalue weighted by Crippen LogP contribution is 2.31. The van der Waals surface area contributed by atoms with Crippen LogP contribution in [-0.4, -0.2) is 41.6 Å². The Labute approximate surface area is 131 Å². The van der Waals surface area contributed by atoms with Crippen LogP contribution in [-0.2, 0) is 9.53 Å². The maximum atomic E-state index is 11.7. The second-order valence-corrected chi connectivity index (χ2v) is 5.15. The lowest BCUT2D eigenvalue weighted by molar-refractivity contribution is -0.384. The predicted molar refractivity (Wildman–Crippen MR) is 83.5 cm³/mol. The lowest BCUT2D eigenvalue weighted by Gasteiger charge is -2.22. The highest BCUT2D eigenvalue weighted by molar-refractivity contribution is 5.87. The van der Waals surface area contributed by atoms with E-state index >= 15 is 0 Å². The maximum absolute atomic E-state index is 11.7. The third-order valence-electron chi connectivity index (χ3n) is 3.50. The molecule has 0 aliphatic rings. The Morgan fingerprint density at radius 2 is 2.22 bits per heavy atom. The molecule has 0 aliphatic heterocycles. The quantitative estimate of drug-likeness (QED) is 0.497. The normalized spacial score (nSPS) is 12.0. The molecular formula is C14H16N4O5. The first-order valence-electron chi connectivity index (χ1n) is 6.80. The maximum Gasteiger partial charge on any atom is 0.310 e. The summed E-state index contributed by atoms with van der Waals surface area (Å²) in [7, 11) is 2.91. The first kappa shape index (κ1) is 16.4. The minimum atomic E-state index is -0.569. The Hall–Kier alpha value is -2.97. The number of fused-ring (bicyclic) bond motifs is 1. The summed E-state index contributed by atoms with van der Waals surface area (Å²) in [6, 6.07) is 2.66. The standard InChI is InChI=1S/C14H16N4O5/c1-8(14(20)23-3)6-17(2)11-5-10-9(4-12(11)18(21)22)13(19)16-7-15-10/h4-5,7-8H,6H2,1-3H3,(H,15,16,19). The number of aromatic nitrogens is 2. The van der Waals surface area contributed by atoms with E-state index in [1.165, 1.54) is 25.6 Å². The zero-order valence-corrected chi connectivity index (χ0v) is 12.9. The van der Waals surface area contributed by atoms with Crippen LogP contribution in [0.25, 0.3) is 10.9 Å². The Kier molecular flexibility index (Phi) is 4.58. The second-order valence-electron chi connectivity index (χ2n) is 5.15. The number of methoxy groups -OCH3 is 1. The smallest absolute Gasteiger partial charge is 0.310 e. The van der Waals surface area contributed by atoms with Crippen LogP contribution in [0, 0.1) is 16.0 Å². The number of H-pyrrole nitrogens is 1. The Balaban J connectivity index is 2.50. The van der Waals surface area contributed by atoms with Crippen LogP contribution in [0.2, 0.25) is 0 Å². The molecular weight excluding hydrogens is 304 g/mol. The number of nitro benzene ring substituents is 1. The van der Waals surface area contributed by atoms with Crippen molar-refractivity contribution in [3.8, 4) is 0 Å². The van der Waals surface area contributed by atoms with Gasteiger partial charge in [0.15, 0.2) is 0 Å². The average Bonchev–Trinajstić information content (AvgIpc) is 2.53. The van der Waals surface area contributed by atoms with Gasteiger partial charge >= 0.3 is 5.97 Å². The van der Waals surface area contributed by atoms with Gasteiger partial charge in [0.05, 0.1) is 35.2 Å². The fourth-order valence-corrected chi connectivity index (χ4v) is 2.33. The molecule has 1 unspecified atom stereocenters. The number of carbonyl (C=O) groups excluding carboxylic acids is 1. The van der Waals surface area contributed by atoms with Gasteiger partial charge in [-0.1, -0.05) is 6.92 Å². The molecule has 2 aromatic rings. The van der Waals surface area contributed by atoms with Crippen molar-refractivity contribution in [2.24, 2.45) is 5.92 Å². The first-order valence-corrected chi connectivity index (χ1v) is 6.80. The van der Waals surface area contributed by atoms with Crippen molar-refractivity contribution in [1.29, 1.82) is 0 Å². The second kappa shape index (κ2) is 6.42. The summed E-state index contributed by atoms with van der Waals surface area (Å²) in [6.45, 7) is 1.89. The number of esters is 1. The summed E-state index contributed by atoms with van der Waals surface area (Å²) >= 11 is 0. The number of hydrogen-bond acceptors (Lipinski definition) is 7. The first-order chi connectivity index (χ1) is 10.8. The number of nitrogens with zero attached hydrogens (tertiary/aromatic N) is 3. The van der Waals surface area contributed by atoms with Crippen molar-refractivity contribution >= 4 is 28.2 Å². The van der Waals surface area contributed by atoms with Crippen LogP contribution in [0.3, 0.4) is 0 Å². The van der Waals surface area contributed by atoms with Gasteiger partial charge in [-0.25, -0.2) is 4.98 Å². The minimum absolute atomic E-state index is 0.136. The third-order valence-corrected chi connectivity index (χ3v) is 3.50. The summed E-state index contributed by atoms with van der Waals surface area (Å²) in [6.07, 6.45) is 1.23. The number of anilines is 1. The van der Waals surface area contributed by atoms with E-state index in [1.54, 1.807) is 18.9 Å². The van der Waals surface area contributed by atoms with E-state index in [4.69, 9.17) is 0 Å². The van der Waals surface area contributed by atoms with Gasteiger partial charge in [-0.2, -0.15) is 0 Å². The summed E-state index contributed by atoms with van der Waals surface area (Å²) in [5.74, 6) is -0.873. The molecule has 1 atom stereocenters. The van der Waals surface area contributed by atoms with Gasteiger partial charge in [0.2, 0.25) is 0 Å². The number of aromatic amines is 1. The number of benzene rings is 1. The van der Waals surface area contributed by atoms with Crippen molar-refractivity contribution in [1.82, 2.24) is 9.97 Å². The van der Waals surface area contributed by atoms with E-state index in [1.807, 2.05) is 0 Å². The molecule has 0 saturated heterocycles. The minimum Gasteiger partial charge on any atom is -0.469 e. The SMILES string of the molecule is COC(=O)C(C)CN(C)c1cc2nc[nH]c(=O)c2cc1[N+](=O)[O-]. The average molecular weight is 320 g/mol. The molecule has 1 N–H and O–H groups in total. The van der Waals surface area contributed by atoms with E-state index < -0.39 is 22.4 Å². The molecule has 0 aliphatic carbocycles. The summed E-state index contributed by atoms with van der Waals surface area (Å²) in [5, 5.41) is 11.4. The van der Waals surface area contributed by atoms with Gasteiger partial charge in [0.25, 0.3) is 11.2 Å². The molecule has 0 fully saturated rings. The van der Waals surface area contributed by atoms with E-state index in [-0.39, 0.29) is 23.3 Å². The molecule has 0 bridgehead atoms. The van der Waals surface area contributed by atoms with E-state index in [0.717, 1.165) is 0 Å². The summed E-state index contributed by atoms with van der Waals surface area (Å²) in [5.41, 5.74) is -0.0610. The topological polar surface area (TPSA) is 118 Å². The van der Waals surface area contributed by atoms with Crippen molar-refractivity contribution in [2.75, 3.05) is 25.6 Å². The fourth-order valence-electron chi connectivity index (χ4n) is 2.33. The number of ether oxygens (including phenoxy) is 1. The third kappa shape index (κ3) is 3.28. The van der Waals surface area contributed by atoms with Gasteiger partial charge < -0.3 is 14.6 Å². The predicted octanol–water partition coefficient (Wildman–Crippen LogP) is 1.08. The van der Waals surface area contributed by atoms with Gasteiger partial charge in [-0.3, -0.25) is 19.7 Å². The molecule has 23 heavy (non-hydrogen) atoms. The summed E-state index contributed by atoms with van der Waals surface area (Å²) in [4.78, 5) is 42.0. The molecule has 0 radical (unpaired) electrons. The van der Waals surface area contributed by atoms with Crippen molar-refractivity contribution in [2.45, 2.75) is 6.92 Å². The van der Waals surface area contributed by atoms with Crippen LogP contribution in [0.1, 0.15) is 6.92 Å². The highest BCUT2D eigenvalue weighted by Gasteiger charge is 2.23. The molecule has 9 heteroatoms. The van der Waals surface area contributed by atoms with Crippen molar-refractivity contribution < 1.29 is 14.5 Å². The number of nitro groups is 1. The lowest BCUT2D eigenvalue weighted by Crippen LogP contribution is -2.29. The number of rotatable bonds is 5. The van der Waals surface area contributed by atoms with Crippen molar-refractivity contribution in [3.63, 3.8) is 0 Å².